The summed E-state index contributed by atoms with van der Waals surface area (Å²) in [5, 5.41) is 9.39. The number of hydrogen-bond donors (Lipinski definition) is 1. The molecule has 1 aromatic heterocycles. The van der Waals surface area contributed by atoms with Crippen LogP contribution in [-0.4, -0.2) is 36.2 Å². The van der Waals surface area contributed by atoms with Crippen molar-refractivity contribution in [2.45, 2.75) is 25.8 Å². The van der Waals surface area contributed by atoms with Crippen molar-refractivity contribution in [3.63, 3.8) is 0 Å². The summed E-state index contributed by atoms with van der Waals surface area (Å²) in [4.78, 5) is 15.9. The highest BCUT2D eigenvalue weighted by molar-refractivity contribution is 7.12. The first kappa shape index (κ1) is 17.9. The summed E-state index contributed by atoms with van der Waals surface area (Å²) in [6.45, 7) is 3.32. The first-order valence-corrected chi connectivity index (χ1v) is 9.18. The van der Waals surface area contributed by atoms with Crippen LogP contribution in [0.2, 0.25) is 0 Å². The normalized spacial score (nSPS) is 19.6. The Hall–Kier alpha value is -1.92. The van der Waals surface area contributed by atoms with E-state index in [0.29, 0.717) is 13.0 Å². The molecule has 1 aliphatic heterocycles. The van der Waals surface area contributed by atoms with Gasteiger partial charge in [0.2, 0.25) is 0 Å². The van der Waals surface area contributed by atoms with Crippen LogP contribution in [-0.2, 0) is 4.79 Å². The number of piperidine rings is 1. The Labute approximate surface area is 150 Å². The van der Waals surface area contributed by atoms with Crippen molar-refractivity contribution in [3.05, 3.63) is 51.5 Å². The molecular formula is C19H22FNO3S. The standard InChI is InChI=1S/C19H22FNO3S/c1-12-5-8-17(25-12)18(13-6-7-16(24-2)15(20)10-13)21-9-3-4-14(11-21)19(22)23/h5-8,10,14,18H,3-4,9,11H2,1-2H3,(H,22,23). The summed E-state index contributed by atoms with van der Waals surface area (Å²) in [6.07, 6.45) is 1.52. The number of benzene rings is 1. The second kappa shape index (κ2) is 7.54. The number of carboxylic acid groups (broad SMARTS) is 1. The Morgan fingerprint density at radius 1 is 1.40 bits per heavy atom. The number of aliphatic carboxylic acids is 1. The van der Waals surface area contributed by atoms with Crippen LogP contribution in [0.3, 0.4) is 0 Å². The molecule has 1 aromatic carbocycles. The van der Waals surface area contributed by atoms with Crippen molar-refractivity contribution < 1.29 is 19.0 Å². The second-order valence-corrected chi connectivity index (χ2v) is 7.74. The van der Waals surface area contributed by atoms with Gasteiger partial charge in [-0.15, -0.1) is 11.3 Å². The predicted octanol–water partition coefficient (Wildman–Crippen LogP) is 4.09. The minimum Gasteiger partial charge on any atom is -0.494 e. The molecule has 2 heterocycles. The topological polar surface area (TPSA) is 49.8 Å². The van der Waals surface area contributed by atoms with Crippen LogP contribution in [0.4, 0.5) is 4.39 Å². The number of carboxylic acids is 1. The van der Waals surface area contributed by atoms with Crippen LogP contribution in [0.25, 0.3) is 0 Å². The van der Waals surface area contributed by atoms with Gasteiger partial charge < -0.3 is 9.84 Å². The average Bonchev–Trinajstić information content (AvgIpc) is 3.01. The van der Waals surface area contributed by atoms with Crippen molar-refractivity contribution in [2.24, 2.45) is 5.92 Å². The molecule has 0 radical (unpaired) electrons. The van der Waals surface area contributed by atoms with Gasteiger partial charge in [0.1, 0.15) is 0 Å². The molecule has 2 atom stereocenters. The molecule has 1 saturated heterocycles. The van der Waals surface area contributed by atoms with Crippen LogP contribution in [0.1, 0.15) is 34.2 Å². The molecule has 3 rings (SSSR count). The lowest BCUT2D eigenvalue weighted by atomic mass is 9.94. The van der Waals surface area contributed by atoms with Gasteiger partial charge in [0, 0.05) is 16.3 Å². The number of likely N-dealkylation sites (tertiary alicyclic amines) is 1. The van der Waals surface area contributed by atoms with E-state index in [4.69, 9.17) is 4.74 Å². The first-order valence-electron chi connectivity index (χ1n) is 8.36. The van der Waals surface area contributed by atoms with Gasteiger partial charge in [-0.25, -0.2) is 4.39 Å². The molecule has 0 bridgehead atoms. The lowest BCUT2D eigenvalue weighted by Gasteiger charge is -2.37. The van der Waals surface area contributed by atoms with Gasteiger partial charge in [0.15, 0.2) is 11.6 Å². The van der Waals surface area contributed by atoms with Gasteiger partial charge in [-0.3, -0.25) is 9.69 Å². The number of thiophene rings is 1. The van der Waals surface area contributed by atoms with E-state index in [-0.39, 0.29) is 17.7 Å². The molecule has 2 aromatic rings. The molecule has 0 saturated carbocycles. The first-order chi connectivity index (χ1) is 12.0. The Balaban J connectivity index is 1.98. The van der Waals surface area contributed by atoms with Crippen molar-refractivity contribution in [1.82, 2.24) is 4.90 Å². The lowest BCUT2D eigenvalue weighted by molar-refractivity contribution is -0.143. The van der Waals surface area contributed by atoms with Crippen molar-refractivity contribution in [3.8, 4) is 5.75 Å². The number of rotatable bonds is 5. The minimum absolute atomic E-state index is 0.138. The largest absolute Gasteiger partial charge is 0.494 e. The highest BCUT2D eigenvalue weighted by Crippen LogP contribution is 2.37. The molecule has 1 aliphatic rings. The molecule has 2 unspecified atom stereocenters. The van der Waals surface area contributed by atoms with E-state index in [0.717, 1.165) is 23.4 Å². The van der Waals surface area contributed by atoms with Gasteiger partial charge in [0.25, 0.3) is 0 Å². The van der Waals surface area contributed by atoms with Crippen molar-refractivity contribution >= 4 is 17.3 Å². The number of methoxy groups -OCH3 is 1. The van der Waals surface area contributed by atoms with E-state index >= 15 is 0 Å². The van der Waals surface area contributed by atoms with Crippen LogP contribution in [0, 0.1) is 18.7 Å². The van der Waals surface area contributed by atoms with Crippen LogP contribution < -0.4 is 4.74 Å². The van der Waals surface area contributed by atoms with Gasteiger partial charge in [0.05, 0.1) is 19.1 Å². The summed E-state index contributed by atoms with van der Waals surface area (Å²) < 4.78 is 19.3. The van der Waals surface area contributed by atoms with Crippen LogP contribution in [0.5, 0.6) is 5.75 Å². The third-order valence-electron chi connectivity index (χ3n) is 4.69. The van der Waals surface area contributed by atoms with Crippen LogP contribution >= 0.6 is 11.3 Å². The van der Waals surface area contributed by atoms with E-state index in [1.807, 2.05) is 19.1 Å². The molecule has 25 heavy (non-hydrogen) atoms. The zero-order valence-corrected chi connectivity index (χ0v) is 15.2. The smallest absolute Gasteiger partial charge is 0.307 e. The zero-order chi connectivity index (χ0) is 18.0. The fraction of sp³-hybridized carbons (Fsp3) is 0.421. The average molecular weight is 363 g/mol. The number of carbonyl (C=O) groups is 1. The molecule has 0 aliphatic carbocycles. The SMILES string of the molecule is COc1ccc(C(c2ccc(C)s2)N2CCCC(C(=O)O)C2)cc1F. The van der Waals surface area contributed by atoms with Gasteiger partial charge >= 0.3 is 5.97 Å². The Morgan fingerprint density at radius 2 is 2.20 bits per heavy atom. The number of halogens is 1. The maximum Gasteiger partial charge on any atom is 0.307 e. The monoisotopic (exact) mass is 363 g/mol. The van der Waals surface area contributed by atoms with Crippen molar-refractivity contribution in [1.29, 1.82) is 0 Å². The molecule has 1 fully saturated rings. The van der Waals surface area contributed by atoms with Gasteiger partial charge in [-0.05, 0) is 56.1 Å². The molecular weight excluding hydrogens is 341 g/mol. The summed E-state index contributed by atoms with van der Waals surface area (Å²) in [6, 6.07) is 8.97. The Bertz CT molecular complexity index is 761. The third kappa shape index (κ3) is 3.85. The number of hydrogen-bond acceptors (Lipinski definition) is 4. The lowest BCUT2D eigenvalue weighted by Crippen LogP contribution is -2.41. The summed E-state index contributed by atoms with van der Waals surface area (Å²) >= 11 is 1.67. The molecule has 0 spiro atoms. The molecule has 134 valence electrons. The van der Waals surface area contributed by atoms with Crippen LogP contribution in [0.15, 0.2) is 30.3 Å². The fourth-order valence-electron chi connectivity index (χ4n) is 3.45. The highest BCUT2D eigenvalue weighted by Gasteiger charge is 2.32. The Morgan fingerprint density at radius 3 is 2.80 bits per heavy atom. The molecule has 6 heteroatoms. The molecule has 1 N–H and O–H groups in total. The maximum absolute atomic E-state index is 14.3. The summed E-state index contributed by atoms with van der Waals surface area (Å²) in [7, 11) is 1.44. The van der Waals surface area contributed by atoms with E-state index in [1.54, 1.807) is 17.4 Å². The number of ether oxygens (including phenoxy) is 1. The zero-order valence-electron chi connectivity index (χ0n) is 14.4. The minimum atomic E-state index is -0.758. The van der Waals surface area contributed by atoms with Crippen molar-refractivity contribution in [2.75, 3.05) is 20.2 Å². The molecule has 0 amide bonds. The van der Waals surface area contributed by atoms with E-state index in [9.17, 15) is 14.3 Å². The third-order valence-corrected chi connectivity index (χ3v) is 5.74. The second-order valence-electron chi connectivity index (χ2n) is 6.42. The maximum atomic E-state index is 14.3. The number of aryl methyl sites for hydroxylation is 1. The van der Waals surface area contributed by atoms with Gasteiger partial charge in [-0.1, -0.05) is 6.07 Å². The quantitative estimate of drug-likeness (QED) is 0.869. The van der Waals surface area contributed by atoms with E-state index in [1.165, 1.54) is 18.1 Å². The van der Waals surface area contributed by atoms with E-state index in [2.05, 4.69) is 11.0 Å². The predicted molar refractivity (Wildman–Crippen MR) is 95.8 cm³/mol. The highest BCUT2D eigenvalue weighted by atomic mass is 32.1. The summed E-state index contributed by atoms with van der Waals surface area (Å²) in [5.74, 6) is -1.32. The van der Waals surface area contributed by atoms with E-state index < -0.39 is 11.8 Å². The molecule has 4 nitrogen and oxygen atoms in total. The Kier molecular flexibility index (Phi) is 5.39. The number of nitrogens with zero attached hydrogens (tertiary/aromatic N) is 1. The summed E-state index contributed by atoms with van der Waals surface area (Å²) in [5.41, 5.74) is 0.825. The fourth-order valence-corrected chi connectivity index (χ4v) is 4.49. The van der Waals surface area contributed by atoms with Gasteiger partial charge in [-0.2, -0.15) is 0 Å².